The van der Waals surface area contributed by atoms with Crippen LogP contribution in [0.1, 0.15) is 19.4 Å². The predicted molar refractivity (Wildman–Crippen MR) is 85.7 cm³/mol. The lowest BCUT2D eigenvalue weighted by Gasteiger charge is -2.06. The van der Waals surface area contributed by atoms with Crippen molar-refractivity contribution in [2.45, 2.75) is 19.6 Å². The van der Waals surface area contributed by atoms with Crippen LogP contribution < -0.4 is 4.57 Å². The molecule has 0 spiro atoms. The summed E-state index contributed by atoms with van der Waals surface area (Å²) in [6.45, 7) is 3.87. The van der Waals surface area contributed by atoms with Crippen LogP contribution in [0.25, 0.3) is 5.70 Å². The van der Waals surface area contributed by atoms with Gasteiger partial charge in [0.2, 0.25) is 0 Å². The Labute approximate surface area is 134 Å². The van der Waals surface area contributed by atoms with Crippen molar-refractivity contribution in [3.05, 3.63) is 36.0 Å². The van der Waals surface area contributed by atoms with Gasteiger partial charge in [0.25, 0.3) is 0 Å². The molecule has 1 N–H and O–H groups in total. The van der Waals surface area contributed by atoms with Gasteiger partial charge < -0.3 is 14.6 Å². The van der Waals surface area contributed by atoms with E-state index in [1.807, 2.05) is 6.07 Å². The highest BCUT2D eigenvalue weighted by molar-refractivity contribution is 7.98. The van der Waals surface area contributed by atoms with Crippen LogP contribution in [0, 0.1) is 12.3 Å². The standard InChI is InChI=1S/C16H19NO4S/c1-4-10-22-12-13-8-7-9-17(11-13)14(15(18)20-5-2)16(19)21-6-3/h1,7-9,11H,5-6,10,12H2,2-3H3/p+1. The summed E-state index contributed by atoms with van der Waals surface area (Å²) in [6.07, 6.45) is 8.61. The van der Waals surface area contributed by atoms with Gasteiger partial charge in [-0.05, 0) is 19.9 Å². The molecule has 0 saturated carbocycles. The number of hydrogen-bond acceptors (Lipinski definition) is 5. The third-order valence-electron chi connectivity index (χ3n) is 2.53. The first-order valence-corrected chi connectivity index (χ1v) is 8.04. The summed E-state index contributed by atoms with van der Waals surface area (Å²) in [5.74, 6) is 2.77. The predicted octanol–water partition coefficient (Wildman–Crippen LogP) is 2.12. The zero-order chi connectivity index (χ0) is 16.4. The number of thioether (sulfide) groups is 1. The summed E-state index contributed by atoms with van der Waals surface area (Å²) in [5, 5.41) is 9.97. The van der Waals surface area contributed by atoms with Crippen LogP contribution in [0.15, 0.2) is 30.5 Å². The van der Waals surface area contributed by atoms with Crippen molar-refractivity contribution in [1.29, 1.82) is 0 Å². The van der Waals surface area contributed by atoms with Gasteiger partial charge in [-0.25, -0.2) is 4.79 Å². The van der Waals surface area contributed by atoms with Crippen molar-refractivity contribution in [1.82, 2.24) is 0 Å². The molecule has 22 heavy (non-hydrogen) atoms. The Morgan fingerprint density at radius 3 is 2.77 bits per heavy atom. The number of carbonyl (C=O) groups excluding carboxylic acids is 1. The van der Waals surface area contributed by atoms with Crippen LogP contribution in [0.3, 0.4) is 0 Å². The highest BCUT2D eigenvalue weighted by Crippen LogP contribution is 2.11. The van der Waals surface area contributed by atoms with E-state index < -0.39 is 11.9 Å². The highest BCUT2D eigenvalue weighted by Gasteiger charge is 2.29. The molecular formula is C16H20NO4S+. The van der Waals surface area contributed by atoms with Gasteiger partial charge >= 0.3 is 17.6 Å². The fourth-order valence-corrected chi connectivity index (χ4v) is 2.31. The SMILES string of the molecule is C#CCSCc1ccc[n+](C(C(=O)OCC)=C(O)OCC)c1. The normalized spacial score (nSPS) is 11.3. The summed E-state index contributed by atoms with van der Waals surface area (Å²) < 4.78 is 11.5. The molecule has 6 heteroatoms. The summed E-state index contributed by atoms with van der Waals surface area (Å²) in [4.78, 5) is 12.1. The first kappa shape index (κ1) is 17.9. The molecule has 0 radical (unpaired) electrons. The quantitative estimate of drug-likeness (QED) is 0.198. The van der Waals surface area contributed by atoms with Crippen LogP contribution >= 0.6 is 11.8 Å². The maximum atomic E-state index is 12.1. The molecule has 0 saturated heterocycles. The average molecular weight is 322 g/mol. The molecule has 0 aliphatic rings. The fourth-order valence-electron chi connectivity index (χ4n) is 1.68. The van der Waals surface area contributed by atoms with E-state index in [0.717, 1.165) is 5.56 Å². The van der Waals surface area contributed by atoms with E-state index in [0.29, 0.717) is 11.5 Å². The van der Waals surface area contributed by atoms with Crippen LogP contribution in [-0.2, 0) is 20.0 Å². The molecule has 0 aliphatic heterocycles. The van der Waals surface area contributed by atoms with E-state index in [4.69, 9.17) is 15.9 Å². The molecule has 1 aromatic heterocycles. The maximum Gasteiger partial charge on any atom is 0.412 e. The zero-order valence-electron chi connectivity index (χ0n) is 12.7. The largest absolute Gasteiger partial charge is 0.476 e. The summed E-state index contributed by atoms with van der Waals surface area (Å²) in [7, 11) is 0. The third-order valence-corrected chi connectivity index (χ3v) is 3.43. The number of hydrogen-bond donors (Lipinski definition) is 1. The van der Waals surface area contributed by atoms with E-state index in [-0.39, 0.29) is 18.9 Å². The number of terminal acetylenes is 1. The van der Waals surface area contributed by atoms with Crippen LogP contribution in [-0.4, -0.2) is 30.0 Å². The second-order valence-corrected chi connectivity index (χ2v) is 5.11. The van der Waals surface area contributed by atoms with Gasteiger partial charge in [-0.15, -0.1) is 18.2 Å². The van der Waals surface area contributed by atoms with Crippen molar-refractivity contribution >= 4 is 23.4 Å². The van der Waals surface area contributed by atoms with Crippen molar-refractivity contribution in [2.24, 2.45) is 0 Å². The number of esters is 1. The molecule has 0 aromatic carbocycles. The number of aliphatic hydroxyl groups is 1. The molecule has 0 atom stereocenters. The van der Waals surface area contributed by atoms with Gasteiger partial charge in [-0.2, -0.15) is 4.57 Å². The van der Waals surface area contributed by atoms with Gasteiger partial charge in [0.05, 0.1) is 19.0 Å². The van der Waals surface area contributed by atoms with Gasteiger partial charge in [0.15, 0.2) is 12.4 Å². The monoisotopic (exact) mass is 322 g/mol. The maximum absolute atomic E-state index is 12.1. The third kappa shape index (κ3) is 5.34. The molecule has 0 aliphatic carbocycles. The minimum absolute atomic E-state index is 0.0486. The first-order chi connectivity index (χ1) is 10.6. The molecular weight excluding hydrogens is 302 g/mol. The lowest BCUT2D eigenvalue weighted by Crippen LogP contribution is -2.38. The van der Waals surface area contributed by atoms with E-state index in [9.17, 15) is 9.90 Å². The fraction of sp³-hybridized carbons (Fsp3) is 0.375. The molecule has 0 unspecified atom stereocenters. The minimum atomic E-state index is -0.646. The highest BCUT2D eigenvalue weighted by atomic mass is 32.2. The smallest absolute Gasteiger partial charge is 0.412 e. The van der Waals surface area contributed by atoms with E-state index in [2.05, 4.69) is 5.92 Å². The van der Waals surface area contributed by atoms with Crippen molar-refractivity contribution in [2.75, 3.05) is 19.0 Å². The van der Waals surface area contributed by atoms with Gasteiger partial charge in [0, 0.05) is 17.4 Å². The first-order valence-electron chi connectivity index (χ1n) is 6.88. The van der Waals surface area contributed by atoms with Crippen molar-refractivity contribution in [3.63, 3.8) is 0 Å². The van der Waals surface area contributed by atoms with Gasteiger partial charge in [-0.1, -0.05) is 5.92 Å². The molecule has 5 nitrogen and oxygen atoms in total. The molecule has 1 rings (SSSR count). The molecule has 1 heterocycles. The summed E-state index contributed by atoms with van der Waals surface area (Å²) in [6, 6.07) is 3.70. The Balaban J connectivity index is 3.09. The molecule has 0 bridgehead atoms. The number of ether oxygens (including phenoxy) is 2. The molecule has 0 amide bonds. The number of rotatable bonds is 8. The average Bonchev–Trinajstić information content (AvgIpc) is 2.49. The number of pyridine rings is 1. The Bertz CT molecular complexity index is 578. The van der Waals surface area contributed by atoms with Crippen molar-refractivity contribution in [3.8, 4) is 12.3 Å². The van der Waals surface area contributed by atoms with Crippen LogP contribution in [0.4, 0.5) is 0 Å². The Kier molecular flexibility index (Phi) is 7.94. The van der Waals surface area contributed by atoms with Crippen LogP contribution in [0.2, 0.25) is 0 Å². The minimum Gasteiger partial charge on any atom is -0.476 e. The number of aliphatic hydroxyl groups excluding tert-OH is 1. The zero-order valence-corrected chi connectivity index (χ0v) is 13.6. The Morgan fingerprint density at radius 1 is 1.41 bits per heavy atom. The summed E-state index contributed by atoms with van der Waals surface area (Å²) >= 11 is 1.59. The lowest BCUT2D eigenvalue weighted by molar-refractivity contribution is -0.581. The van der Waals surface area contributed by atoms with E-state index >= 15 is 0 Å². The topological polar surface area (TPSA) is 59.6 Å². The van der Waals surface area contributed by atoms with E-state index in [1.54, 1.807) is 44.1 Å². The molecule has 118 valence electrons. The van der Waals surface area contributed by atoms with Gasteiger partial charge in [0.1, 0.15) is 0 Å². The number of carbonyl (C=O) groups is 1. The Hall–Kier alpha value is -2.13. The van der Waals surface area contributed by atoms with Crippen molar-refractivity contribution < 1.29 is 23.9 Å². The van der Waals surface area contributed by atoms with Crippen LogP contribution in [0.5, 0.6) is 0 Å². The second kappa shape index (κ2) is 9.74. The number of nitrogens with zero attached hydrogens (tertiary/aromatic N) is 1. The second-order valence-electron chi connectivity index (χ2n) is 4.12. The van der Waals surface area contributed by atoms with Gasteiger partial charge in [-0.3, -0.25) is 0 Å². The lowest BCUT2D eigenvalue weighted by atomic mass is 10.3. The molecule has 1 aromatic rings. The van der Waals surface area contributed by atoms with E-state index in [1.165, 1.54) is 4.57 Å². The summed E-state index contributed by atoms with van der Waals surface area (Å²) in [5.41, 5.74) is 0.918. The molecule has 0 fully saturated rings. The Morgan fingerprint density at radius 2 is 2.14 bits per heavy atom. The number of aromatic nitrogens is 1.